The fourth-order valence-electron chi connectivity index (χ4n) is 8.91. The Morgan fingerprint density at radius 2 is 1.75 bits per heavy atom. The van der Waals surface area contributed by atoms with Gasteiger partial charge in [-0.15, -0.1) is 0 Å². The van der Waals surface area contributed by atoms with E-state index in [0.29, 0.717) is 46.5 Å². The molecule has 2 aliphatic heterocycles. The van der Waals surface area contributed by atoms with Crippen LogP contribution in [0.1, 0.15) is 90.3 Å². The normalized spacial score (nSPS) is 23.2. The van der Waals surface area contributed by atoms with Crippen molar-refractivity contribution in [1.82, 2.24) is 34.1 Å². The van der Waals surface area contributed by atoms with Crippen LogP contribution < -0.4 is 16.3 Å². The molecule has 1 aliphatic carbocycles. The van der Waals surface area contributed by atoms with Gasteiger partial charge in [-0.2, -0.15) is 18.3 Å². The van der Waals surface area contributed by atoms with Crippen LogP contribution in [0.25, 0.3) is 21.9 Å². The Balaban J connectivity index is 0.900. The molecule has 17 heteroatoms. The van der Waals surface area contributed by atoms with E-state index in [1.165, 1.54) is 22.2 Å². The van der Waals surface area contributed by atoms with Gasteiger partial charge in [-0.3, -0.25) is 38.4 Å². The standard InChI is InChI=1S/C40H41F5N8O4/c1-22-17-30-24(18-29(22)47-36(55)28-6-4-8-33(46-28)40(43,44)45)20-52(49-30)25-11-9-23(10-12-25)19-51-16-15-27(39(41,42)21-51)26-5-3-7-31-35(26)50(2)38(57)53(31)32-13-14-34(54)48-37(32)56/h3-8,17-18,20,23,25,27,32H,9-16,19,21H2,1-2H3,(H,47,55)(H,48,54,56)/t23-,25-,27?,32?. The molecule has 3 fully saturated rings. The quantitative estimate of drug-likeness (QED) is 0.142. The molecule has 2 unspecified atom stereocenters. The lowest BCUT2D eigenvalue weighted by Gasteiger charge is -2.41. The molecule has 8 rings (SSSR count). The minimum Gasteiger partial charge on any atom is -0.320 e. The summed E-state index contributed by atoms with van der Waals surface area (Å²) in [7, 11) is 1.52. The number of pyridine rings is 1. The number of nitrogens with zero attached hydrogens (tertiary/aromatic N) is 6. The van der Waals surface area contributed by atoms with E-state index in [4.69, 9.17) is 5.10 Å². The second-order valence-corrected chi connectivity index (χ2v) is 15.6. The van der Waals surface area contributed by atoms with Crippen LogP contribution in [0.3, 0.4) is 0 Å². The molecule has 2 aromatic carbocycles. The number of aromatic nitrogens is 5. The number of amides is 3. The number of likely N-dealkylation sites (tertiary alicyclic amines) is 1. The highest BCUT2D eigenvalue weighted by atomic mass is 19.4. The summed E-state index contributed by atoms with van der Waals surface area (Å²) in [6.07, 6.45) is 0.890. The monoisotopic (exact) mass is 792 g/mol. The first-order chi connectivity index (χ1) is 27.1. The number of piperidine rings is 2. The number of anilines is 1. The Kier molecular flexibility index (Phi) is 9.77. The number of hydrogen-bond acceptors (Lipinski definition) is 7. The van der Waals surface area contributed by atoms with Gasteiger partial charge in [0.2, 0.25) is 11.8 Å². The summed E-state index contributed by atoms with van der Waals surface area (Å²) in [5.74, 6) is -5.73. The number of aryl methyl sites for hydroxylation is 2. The maximum atomic E-state index is 16.1. The van der Waals surface area contributed by atoms with Gasteiger partial charge in [0.1, 0.15) is 17.4 Å². The number of fused-ring (bicyclic) bond motifs is 2. The Bertz CT molecular complexity index is 2460. The van der Waals surface area contributed by atoms with Crippen molar-refractivity contribution in [3.05, 3.63) is 87.7 Å². The molecule has 0 spiro atoms. The fraction of sp³-hybridized carbons (Fsp3) is 0.450. The first-order valence-corrected chi connectivity index (χ1v) is 19.1. The van der Waals surface area contributed by atoms with Gasteiger partial charge in [0.15, 0.2) is 0 Å². The summed E-state index contributed by atoms with van der Waals surface area (Å²) in [5, 5.41) is 10.5. The highest BCUT2D eigenvalue weighted by Gasteiger charge is 2.47. The molecular weight excluding hydrogens is 751 g/mol. The van der Waals surface area contributed by atoms with Gasteiger partial charge < -0.3 is 5.32 Å². The zero-order chi connectivity index (χ0) is 40.4. The van der Waals surface area contributed by atoms with Gasteiger partial charge in [0.05, 0.1) is 35.1 Å². The second kappa shape index (κ2) is 14.5. The van der Waals surface area contributed by atoms with E-state index in [1.807, 2.05) is 21.8 Å². The maximum absolute atomic E-state index is 16.1. The van der Waals surface area contributed by atoms with Crippen LogP contribution in [0.15, 0.2) is 59.5 Å². The predicted molar refractivity (Wildman–Crippen MR) is 200 cm³/mol. The third-order valence-corrected chi connectivity index (χ3v) is 11.8. The number of nitrogens with one attached hydrogen (secondary N) is 2. The number of rotatable bonds is 7. The molecule has 300 valence electrons. The predicted octanol–water partition coefficient (Wildman–Crippen LogP) is 6.50. The molecule has 3 aromatic heterocycles. The number of hydrogen-bond donors (Lipinski definition) is 2. The number of para-hydroxylation sites is 1. The van der Waals surface area contributed by atoms with Crippen LogP contribution in [-0.2, 0) is 22.8 Å². The number of halogens is 5. The van der Waals surface area contributed by atoms with Crippen molar-refractivity contribution in [2.24, 2.45) is 13.0 Å². The van der Waals surface area contributed by atoms with E-state index in [9.17, 15) is 32.3 Å². The number of imidazole rings is 1. The molecule has 3 aliphatic rings. The number of carbonyl (C=O) groups is 3. The molecule has 2 N–H and O–H groups in total. The van der Waals surface area contributed by atoms with Crippen LogP contribution in [0, 0.1) is 12.8 Å². The average Bonchev–Trinajstić information content (AvgIpc) is 3.68. The minimum absolute atomic E-state index is 0.0813. The number of carbonyl (C=O) groups excluding carboxylic acids is 3. The van der Waals surface area contributed by atoms with E-state index >= 15 is 8.78 Å². The first-order valence-electron chi connectivity index (χ1n) is 19.1. The number of alkyl halides is 5. The summed E-state index contributed by atoms with van der Waals surface area (Å²) in [6.45, 7) is 2.36. The highest BCUT2D eigenvalue weighted by Crippen LogP contribution is 2.44. The Hall–Kier alpha value is -5.45. The van der Waals surface area contributed by atoms with Gasteiger partial charge in [0, 0.05) is 37.3 Å². The van der Waals surface area contributed by atoms with E-state index in [0.717, 1.165) is 43.2 Å². The third-order valence-electron chi connectivity index (χ3n) is 11.8. The zero-order valence-corrected chi connectivity index (χ0v) is 31.3. The molecule has 12 nitrogen and oxygen atoms in total. The van der Waals surface area contributed by atoms with Crippen molar-refractivity contribution in [2.75, 3.05) is 25.0 Å². The van der Waals surface area contributed by atoms with Crippen LogP contribution in [0.5, 0.6) is 0 Å². The molecule has 1 saturated carbocycles. The van der Waals surface area contributed by atoms with E-state index in [2.05, 4.69) is 15.6 Å². The van der Waals surface area contributed by atoms with Gasteiger partial charge in [-0.1, -0.05) is 18.2 Å². The summed E-state index contributed by atoms with van der Waals surface area (Å²) in [4.78, 5) is 56.0. The van der Waals surface area contributed by atoms with Crippen LogP contribution in [0.2, 0.25) is 0 Å². The topological polar surface area (TPSA) is 136 Å². The van der Waals surface area contributed by atoms with Crippen molar-refractivity contribution in [3.8, 4) is 0 Å². The third kappa shape index (κ3) is 7.32. The van der Waals surface area contributed by atoms with Crippen molar-refractivity contribution in [3.63, 3.8) is 0 Å². The molecule has 0 bridgehead atoms. The first kappa shape index (κ1) is 38.4. The molecular formula is C40H41F5N8O4. The van der Waals surface area contributed by atoms with Crippen molar-refractivity contribution < 1.29 is 36.3 Å². The molecule has 2 saturated heterocycles. The van der Waals surface area contributed by atoms with E-state index in [1.54, 1.807) is 31.2 Å². The average molecular weight is 793 g/mol. The highest BCUT2D eigenvalue weighted by molar-refractivity contribution is 6.04. The largest absolute Gasteiger partial charge is 0.433 e. The van der Waals surface area contributed by atoms with Gasteiger partial charge in [-0.25, -0.2) is 18.6 Å². The summed E-state index contributed by atoms with van der Waals surface area (Å²) >= 11 is 0. The molecule has 2 atom stereocenters. The van der Waals surface area contributed by atoms with Crippen LogP contribution in [-0.4, -0.2) is 72.1 Å². The van der Waals surface area contributed by atoms with Crippen LogP contribution in [0.4, 0.5) is 27.6 Å². The van der Waals surface area contributed by atoms with E-state index in [-0.39, 0.29) is 36.9 Å². The molecule has 5 aromatic rings. The van der Waals surface area contributed by atoms with Gasteiger partial charge in [0.25, 0.3) is 11.8 Å². The van der Waals surface area contributed by atoms with Gasteiger partial charge >= 0.3 is 11.9 Å². The second-order valence-electron chi connectivity index (χ2n) is 15.6. The Labute approximate surface area is 323 Å². The molecule has 5 heterocycles. The summed E-state index contributed by atoms with van der Waals surface area (Å²) in [5.41, 5.74) is 0.959. The van der Waals surface area contributed by atoms with Crippen LogP contribution >= 0.6 is 0 Å². The van der Waals surface area contributed by atoms with E-state index < -0.39 is 59.7 Å². The van der Waals surface area contributed by atoms with Crippen molar-refractivity contribution >= 4 is 45.3 Å². The van der Waals surface area contributed by atoms with Crippen molar-refractivity contribution in [2.45, 2.75) is 82.0 Å². The molecule has 3 amide bonds. The van der Waals surface area contributed by atoms with Crippen molar-refractivity contribution in [1.29, 1.82) is 0 Å². The van der Waals surface area contributed by atoms with Gasteiger partial charge in [-0.05, 0) is 99.4 Å². The lowest BCUT2D eigenvalue weighted by Crippen LogP contribution is -2.49. The molecule has 0 radical (unpaired) electrons. The minimum atomic E-state index is -4.68. The Morgan fingerprint density at radius 3 is 2.47 bits per heavy atom. The number of imide groups is 1. The SMILES string of the molecule is Cc1cc2nn([C@H]3CC[C@H](CN4CCC(c5cccc6c5n(C)c(=O)n6C5CCC(=O)NC5=O)C(F)(F)C4)CC3)cc2cc1NC(=O)c1cccc(C(F)(F)F)n1. The molecule has 57 heavy (non-hydrogen) atoms. The smallest absolute Gasteiger partial charge is 0.320 e. The lowest BCUT2D eigenvalue weighted by molar-refractivity contribution is -0.141. The maximum Gasteiger partial charge on any atom is 0.433 e. The zero-order valence-electron chi connectivity index (χ0n) is 31.3. The fourth-order valence-corrected chi connectivity index (χ4v) is 8.91. The number of benzene rings is 2. The summed E-state index contributed by atoms with van der Waals surface area (Å²) < 4.78 is 76.2. The Morgan fingerprint density at radius 1 is 1.00 bits per heavy atom. The summed E-state index contributed by atoms with van der Waals surface area (Å²) in [6, 6.07) is 10.8. The lowest BCUT2D eigenvalue weighted by atomic mass is 9.83.